The maximum absolute atomic E-state index is 13.9. The van der Waals surface area contributed by atoms with Crippen molar-refractivity contribution in [2.75, 3.05) is 24.2 Å². The van der Waals surface area contributed by atoms with Crippen LogP contribution in [-0.4, -0.2) is 51.0 Å². The lowest BCUT2D eigenvalue weighted by Crippen LogP contribution is -2.51. The van der Waals surface area contributed by atoms with E-state index in [4.69, 9.17) is 0 Å². The first-order valence-corrected chi connectivity index (χ1v) is 15.1. The molecule has 3 rings (SSSR count). The number of carbonyl (C=O) groups excluding carboxylic acids is 2. The molecule has 202 valence electrons. The Morgan fingerprint density at radius 3 is 2.16 bits per heavy atom. The van der Waals surface area contributed by atoms with Gasteiger partial charge < -0.3 is 10.2 Å². The van der Waals surface area contributed by atoms with E-state index in [0.717, 1.165) is 25.9 Å². The second-order valence-electron chi connectivity index (χ2n) is 9.07. The monoisotopic (exact) mass is 553 g/mol. The molecule has 0 aromatic heterocycles. The van der Waals surface area contributed by atoms with Gasteiger partial charge in [0.25, 0.3) is 10.0 Å². The van der Waals surface area contributed by atoms with Gasteiger partial charge in [0.2, 0.25) is 11.8 Å². The number of hydrogen-bond donors (Lipinski definition) is 1. The first-order valence-electron chi connectivity index (χ1n) is 12.4. The fraction of sp³-hybridized carbons (Fsp3) is 0.310. The van der Waals surface area contributed by atoms with Crippen molar-refractivity contribution in [3.8, 4) is 0 Å². The van der Waals surface area contributed by atoms with E-state index in [1.165, 1.54) is 23.7 Å². The lowest BCUT2D eigenvalue weighted by atomic mass is 10.1. The second-order valence-corrected chi connectivity index (χ2v) is 11.8. The first-order chi connectivity index (χ1) is 18.1. The highest BCUT2D eigenvalue weighted by molar-refractivity contribution is 7.98. The number of benzene rings is 3. The maximum Gasteiger partial charge on any atom is 0.264 e. The van der Waals surface area contributed by atoms with Crippen LogP contribution < -0.4 is 9.62 Å². The summed E-state index contributed by atoms with van der Waals surface area (Å²) < 4.78 is 28.9. The van der Waals surface area contributed by atoms with Gasteiger partial charge in [0, 0.05) is 18.5 Å². The van der Waals surface area contributed by atoms with Crippen LogP contribution in [0.25, 0.3) is 0 Å². The highest BCUT2D eigenvalue weighted by atomic mass is 32.2. The Kier molecular flexibility index (Phi) is 9.99. The highest BCUT2D eigenvalue weighted by Gasteiger charge is 2.33. The zero-order valence-corrected chi connectivity index (χ0v) is 24.1. The molecule has 0 bridgehead atoms. The third-order valence-electron chi connectivity index (χ3n) is 6.32. The Balaban J connectivity index is 2.05. The van der Waals surface area contributed by atoms with Crippen molar-refractivity contribution in [2.45, 2.75) is 49.6 Å². The molecule has 0 spiro atoms. The number of nitrogens with zero attached hydrogens (tertiary/aromatic N) is 2. The average molecular weight is 554 g/mol. The summed E-state index contributed by atoms with van der Waals surface area (Å²) in [7, 11) is -2.55. The van der Waals surface area contributed by atoms with Crippen molar-refractivity contribution in [1.29, 1.82) is 0 Å². The number of carbonyl (C=O) groups is 2. The quantitative estimate of drug-likeness (QED) is 0.346. The SMILES string of the molecule is CC[C@@H](C(=O)NC)N(Cc1cccc(C)c1)C(=O)CN(c1ccc(C)cc1)S(=O)(=O)c1ccc(SC)cc1. The van der Waals surface area contributed by atoms with Gasteiger partial charge in [-0.25, -0.2) is 8.42 Å². The summed E-state index contributed by atoms with van der Waals surface area (Å²) in [6.45, 7) is 5.43. The summed E-state index contributed by atoms with van der Waals surface area (Å²) in [4.78, 5) is 29.2. The van der Waals surface area contributed by atoms with Crippen molar-refractivity contribution in [1.82, 2.24) is 10.2 Å². The number of likely N-dealkylation sites (N-methyl/N-ethyl adjacent to an activating group) is 1. The molecule has 3 aromatic carbocycles. The van der Waals surface area contributed by atoms with Crippen molar-refractivity contribution in [3.05, 3.63) is 89.5 Å². The van der Waals surface area contributed by atoms with E-state index >= 15 is 0 Å². The van der Waals surface area contributed by atoms with Crippen LogP contribution in [0.2, 0.25) is 0 Å². The molecule has 0 heterocycles. The Morgan fingerprint density at radius 1 is 0.947 bits per heavy atom. The van der Waals surface area contributed by atoms with Gasteiger partial charge in [-0.15, -0.1) is 11.8 Å². The van der Waals surface area contributed by atoms with Crippen LogP contribution in [0.5, 0.6) is 0 Å². The molecule has 1 N–H and O–H groups in total. The van der Waals surface area contributed by atoms with Gasteiger partial charge in [0.05, 0.1) is 10.6 Å². The third-order valence-corrected chi connectivity index (χ3v) is 8.85. The molecular weight excluding hydrogens is 518 g/mol. The summed E-state index contributed by atoms with van der Waals surface area (Å²) in [5.41, 5.74) is 3.23. The molecule has 0 unspecified atom stereocenters. The van der Waals surface area contributed by atoms with Gasteiger partial charge in [-0.05, 0) is 68.5 Å². The van der Waals surface area contributed by atoms with Crippen LogP contribution in [0.1, 0.15) is 30.0 Å². The molecular formula is C29H35N3O4S2. The fourth-order valence-corrected chi connectivity index (χ4v) is 6.03. The van der Waals surface area contributed by atoms with Crippen LogP contribution in [0, 0.1) is 13.8 Å². The smallest absolute Gasteiger partial charge is 0.264 e. The summed E-state index contributed by atoms with van der Waals surface area (Å²) in [5.74, 6) is -0.766. The van der Waals surface area contributed by atoms with Crippen LogP contribution in [0.4, 0.5) is 5.69 Å². The van der Waals surface area contributed by atoms with Gasteiger partial charge in [-0.1, -0.05) is 54.4 Å². The Bertz CT molecular complexity index is 1360. The zero-order valence-electron chi connectivity index (χ0n) is 22.5. The summed E-state index contributed by atoms with van der Waals surface area (Å²) >= 11 is 1.51. The number of sulfonamides is 1. The molecule has 0 aliphatic rings. The molecule has 0 fully saturated rings. The van der Waals surface area contributed by atoms with Crippen LogP contribution in [-0.2, 0) is 26.2 Å². The number of aryl methyl sites for hydroxylation is 2. The second kappa shape index (κ2) is 13.0. The van der Waals surface area contributed by atoms with E-state index in [-0.39, 0.29) is 17.3 Å². The van der Waals surface area contributed by atoms with E-state index in [1.54, 1.807) is 36.4 Å². The Labute approximate surface area is 230 Å². The van der Waals surface area contributed by atoms with Gasteiger partial charge in [0.1, 0.15) is 12.6 Å². The lowest BCUT2D eigenvalue weighted by molar-refractivity contribution is -0.140. The molecule has 1 atom stereocenters. The highest BCUT2D eigenvalue weighted by Crippen LogP contribution is 2.27. The molecule has 0 radical (unpaired) electrons. The molecule has 0 aliphatic heterocycles. The van der Waals surface area contributed by atoms with E-state index < -0.39 is 28.5 Å². The largest absolute Gasteiger partial charge is 0.357 e. The molecule has 0 saturated heterocycles. The number of nitrogens with one attached hydrogen (secondary N) is 1. The maximum atomic E-state index is 13.9. The van der Waals surface area contributed by atoms with E-state index in [2.05, 4.69) is 5.32 Å². The van der Waals surface area contributed by atoms with Crippen molar-refractivity contribution >= 4 is 39.3 Å². The van der Waals surface area contributed by atoms with E-state index in [1.807, 2.05) is 63.4 Å². The zero-order chi connectivity index (χ0) is 27.9. The number of rotatable bonds is 11. The van der Waals surface area contributed by atoms with Gasteiger partial charge in [0.15, 0.2) is 0 Å². The molecule has 0 saturated carbocycles. The van der Waals surface area contributed by atoms with Crippen LogP contribution in [0.3, 0.4) is 0 Å². The standard InChI is InChI=1S/C29H35N3O4S2/c1-6-27(29(34)30-4)31(19-23-9-7-8-22(3)18-23)28(33)20-32(24-12-10-21(2)11-13-24)38(35,36)26-16-14-25(37-5)15-17-26/h7-18,27H,6,19-20H2,1-5H3,(H,30,34)/t27-/m0/s1. The average Bonchev–Trinajstić information content (AvgIpc) is 2.91. The minimum atomic E-state index is -4.08. The van der Waals surface area contributed by atoms with Gasteiger partial charge in [-0.3, -0.25) is 13.9 Å². The Hall–Kier alpha value is -3.30. The van der Waals surface area contributed by atoms with E-state index in [9.17, 15) is 18.0 Å². The molecule has 0 aliphatic carbocycles. The molecule has 9 heteroatoms. The van der Waals surface area contributed by atoms with Crippen molar-refractivity contribution < 1.29 is 18.0 Å². The molecule has 2 amide bonds. The minimum Gasteiger partial charge on any atom is -0.357 e. The lowest BCUT2D eigenvalue weighted by Gasteiger charge is -2.33. The molecule has 38 heavy (non-hydrogen) atoms. The van der Waals surface area contributed by atoms with Gasteiger partial charge in [-0.2, -0.15) is 0 Å². The molecule has 7 nitrogen and oxygen atoms in total. The Morgan fingerprint density at radius 2 is 1.61 bits per heavy atom. The summed E-state index contributed by atoms with van der Waals surface area (Å²) in [6.07, 6.45) is 2.30. The number of amides is 2. The number of thioether (sulfide) groups is 1. The number of anilines is 1. The normalized spacial score (nSPS) is 12.0. The fourth-order valence-electron chi connectivity index (χ4n) is 4.21. The summed E-state index contributed by atoms with van der Waals surface area (Å²) in [5, 5.41) is 2.64. The van der Waals surface area contributed by atoms with Crippen molar-refractivity contribution in [2.24, 2.45) is 0 Å². The first kappa shape index (κ1) is 29.3. The number of hydrogen-bond acceptors (Lipinski definition) is 5. The predicted molar refractivity (Wildman–Crippen MR) is 154 cm³/mol. The van der Waals surface area contributed by atoms with E-state index in [0.29, 0.717) is 12.1 Å². The summed E-state index contributed by atoms with van der Waals surface area (Å²) in [6, 6.07) is 20.6. The van der Waals surface area contributed by atoms with Gasteiger partial charge >= 0.3 is 0 Å². The minimum absolute atomic E-state index is 0.0900. The molecule has 3 aromatic rings. The van der Waals surface area contributed by atoms with Crippen LogP contribution in [0.15, 0.2) is 82.6 Å². The van der Waals surface area contributed by atoms with Crippen molar-refractivity contribution in [3.63, 3.8) is 0 Å². The topological polar surface area (TPSA) is 86.8 Å². The van der Waals surface area contributed by atoms with Crippen LogP contribution >= 0.6 is 11.8 Å². The third kappa shape index (κ3) is 6.96. The predicted octanol–water partition coefficient (Wildman–Crippen LogP) is 4.77.